The van der Waals surface area contributed by atoms with E-state index in [-0.39, 0.29) is 37.8 Å². The average Bonchev–Trinajstić information content (AvgIpc) is 3.30. The molecular weight excluding hydrogens is 891 g/mol. The van der Waals surface area contributed by atoms with Crippen molar-refractivity contribution < 1.29 is 67.6 Å². The lowest BCUT2D eigenvalue weighted by atomic mass is 9.78. The average molecular weight is 972 g/mol. The lowest BCUT2D eigenvalue weighted by molar-refractivity contribution is -0.320. The molecule has 3 aliphatic heterocycles. The van der Waals surface area contributed by atoms with Gasteiger partial charge in [-0.1, -0.05) is 51.1 Å². The largest absolute Gasteiger partial charge is 0.459 e. The van der Waals surface area contributed by atoms with Gasteiger partial charge in [0.05, 0.1) is 53.5 Å². The fourth-order valence-electron chi connectivity index (χ4n) is 10.5. The van der Waals surface area contributed by atoms with Gasteiger partial charge >= 0.3 is 11.9 Å². The first kappa shape index (κ1) is 56.3. The van der Waals surface area contributed by atoms with Crippen molar-refractivity contribution in [3.63, 3.8) is 0 Å². The minimum absolute atomic E-state index is 0.0740. The summed E-state index contributed by atoms with van der Waals surface area (Å²) in [6.45, 7) is 17.2. The molecule has 69 heavy (non-hydrogen) atoms. The van der Waals surface area contributed by atoms with Crippen LogP contribution in [-0.4, -0.2) is 162 Å². The van der Waals surface area contributed by atoms with E-state index in [4.69, 9.17) is 37.9 Å². The van der Waals surface area contributed by atoms with Crippen molar-refractivity contribution in [2.24, 2.45) is 17.8 Å². The molecule has 0 aliphatic carbocycles. The van der Waals surface area contributed by atoms with Crippen molar-refractivity contribution in [2.75, 3.05) is 28.3 Å². The van der Waals surface area contributed by atoms with E-state index in [9.17, 15) is 29.7 Å². The van der Waals surface area contributed by atoms with Crippen LogP contribution in [0.2, 0.25) is 0 Å². The first-order chi connectivity index (χ1) is 32.4. The Morgan fingerprint density at radius 2 is 1.61 bits per heavy atom. The van der Waals surface area contributed by atoms with E-state index < -0.39 is 114 Å². The fraction of sp³-hybridized carbons (Fsp3) is 0.731. The minimum Gasteiger partial charge on any atom is -0.459 e. The molecule has 0 bridgehead atoms. The summed E-state index contributed by atoms with van der Waals surface area (Å²) in [5.41, 5.74) is -2.58. The van der Waals surface area contributed by atoms with Crippen LogP contribution in [0.3, 0.4) is 0 Å². The third kappa shape index (κ3) is 13.3. The van der Waals surface area contributed by atoms with E-state index in [0.717, 1.165) is 16.5 Å². The van der Waals surface area contributed by atoms with E-state index in [1.165, 1.54) is 28.1 Å². The number of pyridine rings is 1. The quantitative estimate of drug-likeness (QED) is 0.187. The van der Waals surface area contributed by atoms with Crippen molar-refractivity contribution in [2.45, 2.75) is 198 Å². The molecule has 4 N–H and O–H groups in total. The minimum atomic E-state index is -2.03. The number of allylic oxidation sites excluding steroid dienone is 1. The Balaban J connectivity index is 1.46. The summed E-state index contributed by atoms with van der Waals surface area (Å²) in [4.78, 5) is 48.1. The normalized spacial score (nSPS) is 39.9. The number of aliphatic hydroxyl groups excluding tert-OH is 2. The summed E-state index contributed by atoms with van der Waals surface area (Å²) in [6.07, 6.45) is -3.01. The van der Waals surface area contributed by atoms with Crippen molar-refractivity contribution >= 4 is 34.8 Å². The molecule has 5 rings (SSSR count). The van der Waals surface area contributed by atoms with Crippen LogP contribution in [0.1, 0.15) is 113 Å². The van der Waals surface area contributed by atoms with Crippen molar-refractivity contribution in [1.29, 1.82) is 0 Å². The number of rotatable bonds is 13. The SMILES string of the molecule is CC[C@@H]1OC(=O)[C@H](C)[C@H](O[C@H]2C[C@@](C)(OC)[C@@H](OC(=O)CC/C=C/c3cnc4ccccc4c3)[C@H](C)O2)[C@H](C)[C@@H](O[C@@H]2O[C@H](C)C[C@H](N(C)C)[C@H]2O)[C@@](C)(OC)C[C@@H](C)NC(=O)[C@@H](C)[C@@H](O)[C@]1(C)O. The van der Waals surface area contributed by atoms with E-state index in [0.29, 0.717) is 12.8 Å². The summed E-state index contributed by atoms with van der Waals surface area (Å²) >= 11 is 0. The maximum atomic E-state index is 14.6. The number of carbonyl (C=O) groups is 3. The maximum absolute atomic E-state index is 14.6. The molecule has 388 valence electrons. The molecule has 4 heterocycles. The molecule has 1 aromatic carbocycles. The first-order valence-electron chi connectivity index (χ1n) is 24.6. The van der Waals surface area contributed by atoms with Crippen LogP contribution in [0, 0.1) is 17.8 Å². The highest BCUT2D eigenvalue weighted by molar-refractivity contribution is 5.81. The Bertz CT molecular complexity index is 2050. The number of aromatic nitrogens is 1. The van der Waals surface area contributed by atoms with Gasteiger partial charge in [0.15, 0.2) is 18.7 Å². The number of nitrogens with zero attached hydrogens (tertiary/aromatic N) is 2. The van der Waals surface area contributed by atoms with E-state index >= 15 is 0 Å². The molecule has 0 spiro atoms. The van der Waals surface area contributed by atoms with Crippen LogP contribution >= 0.6 is 0 Å². The smallest absolute Gasteiger partial charge is 0.311 e. The predicted octanol–water partition coefficient (Wildman–Crippen LogP) is 5.33. The number of esters is 2. The Kier molecular flexibility index (Phi) is 19.4. The molecule has 17 heteroatoms. The van der Waals surface area contributed by atoms with Gasteiger partial charge in [0, 0.05) is 56.6 Å². The molecule has 0 saturated carbocycles. The number of cyclic esters (lactones) is 1. The molecule has 1 aromatic heterocycles. The number of nitrogens with one attached hydrogen (secondary N) is 1. The fourth-order valence-corrected chi connectivity index (χ4v) is 10.5. The van der Waals surface area contributed by atoms with Crippen LogP contribution in [0.15, 0.2) is 42.6 Å². The highest BCUT2D eigenvalue weighted by Crippen LogP contribution is 2.41. The number of amides is 1. The molecule has 3 aliphatic rings. The number of likely N-dealkylation sites (N-methyl/N-ethyl adjacent to an activating group) is 1. The number of benzene rings is 1. The van der Waals surface area contributed by atoms with Gasteiger partial charge in [0.25, 0.3) is 0 Å². The second kappa shape index (κ2) is 23.7. The second-order valence-electron chi connectivity index (χ2n) is 20.6. The summed E-state index contributed by atoms with van der Waals surface area (Å²) in [5.74, 6) is -4.68. The van der Waals surface area contributed by atoms with Crippen molar-refractivity contribution in [3.05, 3.63) is 48.2 Å². The van der Waals surface area contributed by atoms with Gasteiger partial charge in [-0.15, -0.1) is 0 Å². The first-order valence-corrected chi connectivity index (χ1v) is 24.6. The van der Waals surface area contributed by atoms with Gasteiger partial charge in [-0.3, -0.25) is 19.4 Å². The maximum Gasteiger partial charge on any atom is 0.311 e. The highest BCUT2D eigenvalue weighted by atomic mass is 16.7. The van der Waals surface area contributed by atoms with Crippen LogP contribution in [-0.2, 0) is 52.3 Å². The van der Waals surface area contributed by atoms with Crippen LogP contribution in [0.4, 0.5) is 0 Å². The standard InChI is InChI=1S/C52H81N3O14/c1-15-39-52(10,61)44(58)33(6)47(59)54-29(2)26-50(8,62-13)45(69-49-42(57)38(55(11)12)24-30(3)64-49)31(4)43(32(5)48(60)66-39)68-41-27-51(9,63-14)46(34(7)65-41)67-40(56)23-19-16-20-35-25-36-21-17-18-22-37(36)53-28-35/h16-18,20-22,25,28-34,38-39,41-46,49,57-58,61H,15,19,23-24,26-27H2,1-14H3,(H,54,59)/b20-16+/t29-,30-,31+,32-,33+,34+,38+,39+,41+,42-,43-,44-,45-,46+,49+,50+,51-,52-/m1/s1. The Hall–Kier alpha value is -3.62. The van der Waals surface area contributed by atoms with Crippen LogP contribution in [0.25, 0.3) is 17.0 Å². The number of aliphatic hydroxyl groups is 3. The number of fused-ring (bicyclic) bond motifs is 1. The lowest BCUT2D eigenvalue weighted by Gasteiger charge is -2.50. The van der Waals surface area contributed by atoms with E-state index in [2.05, 4.69) is 10.3 Å². The summed E-state index contributed by atoms with van der Waals surface area (Å²) < 4.78 is 51.4. The lowest BCUT2D eigenvalue weighted by Crippen LogP contribution is -2.61. The highest BCUT2D eigenvalue weighted by Gasteiger charge is 2.54. The Morgan fingerprint density at radius 3 is 2.26 bits per heavy atom. The van der Waals surface area contributed by atoms with Gasteiger partial charge in [-0.2, -0.15) is 0 Å². The summed E-state index contributed by atoms with van der Waals surface area (Å²) in [5, 5.41) is 39.1. The summed E-state index contributed by atoms with van der Waals surface area (Å²) in [7, 11) is 6.81. The number of methoxy groups -OCH3 is 2. The molecule has 3 saturated heterocycles. The van der Waals surface area contributed by atoms with Crippen molar-refractivity contribution in [1.82, 2.24) is 15.2 Å². The molecule has 0 unspecified atom stereocenters. The van der Waals surface area contributed by atoms with Gasteiger partial charge < -0.3 is 63.4 Å². The molecule has 17 nitrogen and oxygen atoms in total. The Morgan fingerprint density at radius 1 is 0.942 bits per heavy atom. The zero-order valence-electron chi connectivity index (χ0n) is 43.2. The van der Waals surface area contributed by atoms with Gasteiger partial charge in [0.2, 0.25) is 5.91 Å². The zero-order valence-corrected chi connectivity index (χ0v) is 43.2. The molecule has 1 amide bonds. The number of hydrogen-bond donors (Lipinski definition) is 4. The van der Waals surface area contributed by atoms with E-state index in [1.54, 1.807) is 33.9 Å². The molecular formula is C52H81N3O14. The number of para-hydroxylation sites is 1. The Labute approximate surface area is 408 Å². The topological polar surface area (TPSA) is 214 Å². The number of carbonyl (C=O) groups excluding carboxylic acids is 3. The summed E-state index contributed by atoms with van der Waals surface area (Å²) in [6, 6.07) is 9.01. The van der Waals surface area contributed by atoms with Gasteiger partial charge in [-0.25, -0.2) is 0 Å². The van der Waals surface area contributed by atoms with E-state index in [1.807, 2.05) is 89.2 Å². The molecule has 18 atom stereocenters. The van der Waals surface area contributed by atoms with Crippen LogP contribution < -0.4 is 5.32 Å². The zero-order chi connectivity index (χ0) is 51.2. The third-order valence-corrected chi connectivity index (χ3v) is 14.8. The van der Waals surface area contributed by atoms with Crippen LogP contribution in [0.5, 0.6) is 0 Å². The van der Waals surface area contributed by atoms with Crippen molar-refractivity contribution in [3.8, 4) is 0 Å². The molecule has 0 radical (unpaired) electrons. The second-order valence-corrected chi connectivity index (χ2v) is 20.6. The molecule has 3 fully saturated rings. The monoisotopic (exact) mass is 972 g/mol. The number of hydrogen-bond acceptors (Lipinski definition) is 16. The molecule has 2 aromatic rings. The van der Waals surface area contributed by atoms with Gasteiger partial charge in [-0.05, 0) is 106 Å². The third-order valence-electron chi connectivity index (χ3n) is 14.8. The number of ether oxygens (including phenoxy) is 8. The predicted molar refractivity (Wildman–Crippen MR) is 258 cm³/mol. The van der Waals surface area contributed by atoms with Gasteiger partial charge in [0.1, 0.15) is 23.4 Å².